The van der Waals surface area contributed by atoms with Crippen molar-refractivity contribution in [2.45, 2.75) is 56.4 Å². The molecule has 1 aromatic carbocycles. The molecule has 1 aliphatic carbocycles. The molecule has 1 atom stereocenters. The normalized spacial score (nSPS) is 20.2. The van der Waals surface area contributed by atoms with Gasteiger partial charge in [-0.05, 0) is 30.0 Å². The summed E-state index contributed by atoms with van der Waals surface area (Å²) < 4.78 is 68.6. The van der Waals surface area contributed by atoms with E-state index in [2.05, 4.69) is 15.0 Å². The van der Waals surface area contributed by atoms with Crippen LogP contribution in [0.4, 0.5) is 22.0 Å². The monoisotopic (exact) mass is 483 g/mol. The lowest BCUT2D eigenvalue weighted by molar-refractivity contribution is -0.154. The molecule has 0 radical (unpaired) electrons. The SMILES string of the molecule is O=C(NCc1ccc(OCC(F)(F)F)nc1)C1c2ccccc2C(=O)N1C1CCC(F)(F)CC1. The first-order chi connectivity index (χ1) is 16.0. The maximum Gasteiger partial charge on any atom is 0.422 e. The van der Waals surface area contributed by atoms with E-state index in [0.29, 0.717) is 16.7 Å². The van der Waals surface area contributed by atoms with Crippen LogP contribution in [-0.2, 0) is 11.3 Å². The average molecular weight is 483 g/mol. The van der Waals surface area contributed by atoms with E-state index >= 15 is 0 Å². The number of ether oxygens (including phenoxy) is 1. The predicted octanol–water partition coefficient (Wildman–Crippen LogP) is 4.41. The number of hydrogen-bond donors (Lipinski definition) is 1. The van der Waals surface area contributed by atoms with E-state index in [1.54, 1.807) is 24.3 Å². The van der Waals surface area contributed by atoms with Crippen molar-refractivity contribution < 1.29 is 36.3 Å². The molecule has 1 unspecified atom stereocenters. The Morgan fingerprint density at radius 2 is 1.85 bits per heavy atom. The lowest BCUT2D eigenvalue weighted by Crippen LogP contribution is -2.47. The smallest absolute Gasteiger partial charge is 0.422 e. The Hall–Kier alpha value is -3.24. The van der Waals surface area contributed by atoms with E-state index in [9.17, 15) is 31.5 Å². The second-order valence-electron chi connectivity index (χ2n) is 8.42. The summed E-state index contributed by atoms with van der Waals surface area (Å²) in [4.78, 5) is 31.4. The summed E-state index contributed by atoms with van der Waals surface area (Å²) in [6, 6.07) is 7.95. The van der Waals surface area contributed by atoms with Crippen LogP contribution in [0.5, 0.6) is 5.88 Å². The summed E-state index contributed by atoms with van der Waals surface area (Å²) in [5.74, 6) is -3.82. The first-order valence-electron chi connectivity index (χ1n) is 10.8. The maximum atomic E-state index is 13.7. The zero-order valence-electron chi connectivity index (χ0n) is 17.9. The minimum absolute atomic E-state index is 0.00875. The fourth-order valence-corrected chi connectivity index (χ4v) is 4.33. The number of benzene rings is 1. The van der Waals surface area contributed by atoms with Gasteiger partial charge in [0.1, 0.15) is 6.04 Å². The molecular formula is C23H22F5N3O3. The first-order valence-corrected chi connectivity index (χ1v) is 10.8. The Morgan fingerprint density at radius 3 is 2.50 bits per heavy atom. The molecular weight excluding hydrogens is 461 g/mol. The van der Waals surface area contributed by atoms with Crippen molar-refractivity contribution in [1.82, 2.24) is 15.2 Å². The molecule has 4 rings (SSSR count). The van der Waals surface area contributed by atoms with Crippen LogP contribution in [0.3, 0.4) is 0 Å². The van der Waals surface area contributed by atoms with Gasteiger partial charge in [-0.3, -0.25) is 9.59 Å². The van der Waals surface area contributed by atoms with Crippen LogP contribution in [0.2, 0.25) is 0 Å². The number of rotatable bonds is 6. The van der Waals surface area contributed by atoms with Crippen molar-refractivity contribution in [2.75, 3.05) is 6.61 Å². The highest BCUT2D eigenvalue weighted by Gasteiger charge is 2.47. The molecule has 2 heterocycles. The highest BCUT2D eigenvalue weighted by molar-refractivity contribution is 6.04. The number of halogens is 5. The molecule has 1 saturated carbocycles. The summed E-state index contributed by atoms with van der Waals surface area (Å²) in [6.45, 7) is -1.46. The third-order valence-electron chi connectivity index (χ3n) is 5.97. The minimum atomic E-state index is -4.48. The summed E-state index contributed by atoms with van der Waals surface area (Å²) >= 11 is 0. The van der Waals surface area contributed by atoms with E-state index in [0.717, 1.165) is 0 Å². The van der Waals surface area contributed by atoms with Gasteiger partial charge in [-0.25, -0.2) is 13.8 Å². The van der Waals surface area contributed by atoms with Crippen molar-refractivity contribution in [2.24, 2.45) is 0 Å². The topological polar surface area (TPSA) is 71.5 Å². The number of carbonyl (C=O) groups excluding carboxylic acids is 2. The molecule has 2 amide bonds. The molecule has 1 fully saturated rings. The van der Waals surface area contributed by atoms with E-state index in [4.69, 9.17) is 0 Å². The van der Waals surface area contributed by atoms with Crippen LogP contribution in [0.15, 0.2) is 42.6 Å². The van der Waals surface area contributed by atoms with Gasteiger partial charge in [-0.1, -0.05) is 24.3 Å². The fraction of sp³-hybridized carbons (Fsp3) is 0.435. The van der Waals surface area contributed by atoms with Gasteiger partial charge in [0, 0.05) is 43.3 Å². The first kappa shape index (κ1) is 23.9. The Labute approximate surface area is 192 Å². The number of nitrogens with one attached hydrogen (secondary N) is 1. The van der Waals surface area contributed by atoms with E-state index in [-0.39, 0.29) is 44.0 Å². The van der Waals surface area contributed by atoms with Gasteiger partial charge in [0.15, 0.2) is 6.61 Å². The van der Waals surface area contributed by atoms with Crippen molar-refractivity contribution in [3.8, 4) is 5.88 Å². The zero-order valence-corrected chi connectivity index (χ0v) is 17.9. The van der Waals surface area contributed by atoms with E-state index in [1.807, 2.05) is 0 Å². The molecule has 2 aromatic rings. The third kappa shape index (κ3) is 5.28. The Bertz CT molecular complexity index is 1050. The van der Waals surface area contributed by atoms with Gasteiger partial charge in [-0.15, -0.1) is 0 Å². The molecule has 11 heteroatoms. The minimum Gasteiger partial charge on any atom is -0.468 e. The van der Waals surface area contributed by atoms with Crippen molar-refractivity contribution in [3.63, 3.8) is 0 Å². The van der Waals surface area contributed by atoms with Gasteiger partial charge < -0.3 is 15.0 Å². The molecule has 34 heavy (non-hydrogen) atoms. The van der Waals surface area contributed by atoms with Crippen molar-refractivity contribution >= 4 is 11.8 Å². The lowest BCUT2D eigenvalue weighted by atomic mass is 9.90. The van der Waals surface area contributed by atoms with Crippen LogP contribution in [0, 0.1) is 0 Å². The highest BCUT2D eigenvalue weighted by atomic mass is 19.4. The predicted molar refractivity (Wildman–Crippen MR) is 110 cm³/mol. The van der Waals surface area contributed by atoms with Crippen LogP contribution in [0.1, 0.15) is 53.2 Å². The third-order valence-corrected chi connectivity index (χ3v) is 5.97. The standard InChI is InChI=1S/C23H22F5N3O3/c24-22(25)9-7-15(8-10-22)31-19(16-3-1-2-4-17(16)21(31)33)20(32)30-12-14-5-6-18(29-11-14)34-13-23(26,27)28/h1-6,11,15,19H,7-10,12-13H2,(H,30,32). The molecule has 1 N–H and O–H groups in total. The molecule has 6 nitrogen and oxygen atoms in total. The van der Waals surface area contributed by atoms with Gasteiger partial charge >= 0.3 is 6.18 Å². The number of aromatic nitrogens is 1. The zero-order chi connectivity index (χ0) is 24.5. The largest absolute Gasteiger partial charge is 0.468 e. The number of hydrogen-bond acceptors (Lipinski definition) is 4. The van der Waals surface area contributed by atoms with Crippen LogP contribution < -0.4 is 10.1 Å². The number of nitrogens with zero attached hydrogens (tertiary/aromatic N) is 2. The molecule has 1 aliphatic heterocycles. The Morgan fingerprint density at radius 1 is 1.15 bits per heavy atom. The molecule has 182 valence electrons. The van der Waals surface area contributed by atoms with Crippen molar-refractivity contribution in [3.05, 3.63) is 59.3 Å². The van der Waals surface area contributed by atoms with Gasteiger partial charge in [-0.2, -0.15) is 13.2 Å². The molecule has 2 aliphatic rings. The number of fused-ring (bicyclic) bond motifs is 1. The van der Waals surface area contributed by atoms with Crippen LogP contribution in [0.25, 0.3) is 0 Å². The quantitative estimate of drug-likeness (QED) is 0.618. The van der Waals surface area contributed by atoms with Gasteiger partial charge in [0.05, 0.1) is 0 Å². The Balaban J connectivity index is 1.45. The second-order valence-corrected chi connectivity index (χ2v) is 8.42. The number of amides is 2. The molecule has 0 bridgehead atoms. The average Bonchev–Trinajstić information content (AvgIpc) is 3.09. The second kappa shape index (κ2) is 9.19. The summed E-state index contributed by atoms with van der Waals surface area (Å²) in [5, 5.41) is 2.72. The van der Waals surface area contributed by atoms with E-state index in [1.165, 1.54) is 23.2 Å². The molecule has 0 spiro atoms. The molecule has 0 saturated heterocycles. The number of pyridine rings is 1. The number of carbonyl (C=O) groups is 2. The lowest BCUT2D eigenvalue weighted by Gasteiger charge is -2.37. The Kier molecular flexibility index (Phi) is 6.46. The van der Waals surface area contributed by atoms with Gasteiger partial charge in [0.25, 0.3) is 5.91 Å². The van der Waals surface area contributed by atoms with Gasteiger partial charge in [0.2, 0.25) is 17.7 Å². The maximum absolute atomic E-state index is 13.7. The highest BCUT2D eigenvalue weighted by Crippen LogP contribution is 2.42. The fourth-order valence-electron chi connectivity index (χ4n) is 4.33. The summed E-state index contributed by atoms with van der Waals surface area (Å²) in [6.07, 6.45) is -3.70. The molecule has 1 aromatic heterocycles. The summed E-state index contributed by atoms with van der Waals surface area (Å²) in [7, 11) is 0. The van der Waals surface area contributed by atoms with E-state index < -0.39 is 36.7 Å². The van der Waals surface area contributed by atoms with Crippen LogP contribution >= 0.6 is 0 Å². The summed E-state index contributed by atoms with van der Waals surface area (Å²) in [5.41, 5.74) is 1.39. The van der Waals surface area contributed by atoms with Crippen LogP contribution in [-0.4, -0.2) is 46.4 Å². The van der Waals surface area contributed by atoms with Crippen molar-refractivity contribution in [1.29, 1.82) is 0 Å². The number of alkyl halides is 5.